The van der Waals surface area contributed by atoms with E-state index < -0.39 is 28.5 Å². The van der Waals surface area contributed by atoms with Crippen molar-refractivity contribution < 1.29 is 23.2 Å². The van der Waals surface area contributed by atoms with Gasteiger partial charge in [-0.1, -0.05) is 12.8 Å². The average molecular weight is 304 g/mol. The molecule has 2 rings (SSSR count). The predicted octanol–water partition coefficient (Wildman–Crippen LogP) is 3.33. The van der Waals surface area contributed by atoms with Gasteiger partial charge < -0.3 is 10.4 Å². The molecular weight excluding hydrogens is 289 g/mol. The fourth-order valence-electron chi connectivity index (χ4n) is 2.46. The van der Waals surface area contributed by atoms with Crippen molar-refractivity contribution in [2.75, 3.05) is 5.32 Å². The second-order valence-corrected chi connectivity index (χ2v) is 5.09. The highest BCUT2D eigenvalue weighted by Gasteiger charge is 2.33. The zero-order valence-corrected chi connectivity index (χ0v) is 11.1. The summed E-state index contributed by atoms with van der Waals surface area (Å²) in [5.41, 5.74) is -1.70. The molecular formula is C13H15F3N2O3. The van der Waals surface area contributed by atoms with Crippen LogP contribution >= 0.6 is 0 Å². The summed E-state index contributed by atoms with van der Waals surface area (Å²) in [7, 11) is 0. The molecule has 1 fully saturated rings. The van der Waals surface area contributed by atoms with Crippen molar-refractivity contribution in [2.45, 2.75) is 44.0 Å². The number of benzene rings is 1. The van der Waals surface area contributed by atoms with Gasteiger partial charge in [0.2, 0.25) is 0 Å². The van der Waals surface area contributed by atoms with Gasteiger partial charge in [0.25, 0.3) is 5.69 Å². The Kier molecular flexibility index (Phi) is 4.36. The highest BCUT2D eigenvalue weighted by atomic mass is 19.4. The highest BCUT2D eigenvalue weighted by Crippen LogP contribution is 2.36. The van der Waals surface area contributed by atoms with Gasteiger partial charge in [-0.15, -0.1) is 0 Å². The molecule has 21 heavy (non-hydrogen) atoms. The third kappa shape index (κ3) is 3.63. The Hall–Kier alpha value is -1.83. The number of rotatable bonds is 3. The number of nitro benzene ring substituents is 1. The van der Waals surface area contributed by atoms with Crippen LogP contribution in [0, 0.1) is 10.1 Å². The van der Waals surface area contributed by atoms with Crippen LogP contribution in [0.2, 0.25) is 0 Å². The lowest BCUT2D eigenvalue weighted by molar-refractivity contribution is -0.384. The molecule has 8 heteroatoms. The molecule has 0 unspecified atom stereocenters. The van der Waals surface area contributed by atoms with Crippen LogP contribution in [0.25, 0.3) is 0 Å². The maximum atomic E-state index is 12.6. The van der Waals surface area contributed by atoms with E-state index in [0.717, 1.165) is 25.0 Å². The molecule has 1 saturated carbocycles. The van der Waals surface area contributed by atoms with Crippen LogP contribution in [-0.2, 0) is 6.18 Å². The van der Waals surface area contributed by atoms with Crippen molar-refractivity contribution in [2.24, 2.45) is 0 Å². The second-order valence-electron chi connectivity index (χ2n) is 5.09. The number of hydrogen-bond donors (Lipinski definition) is 2. The Balaban J connectivity index is 2.28. The first-order valence-corrected chi connectivity index (χ1v) is 6.59. The Morgan fingerprint density at radius 1 is 1.29 bits per heavy atom. The van der Waals surface area contributed by atoms with Crippen molar-refractivity contribution in [1.82, 2.24) is 0 Å². The predicted molar refractivity (Wildman–Crippen MR) is 70.0 cm³/mol. The van der Waals surface area contributed by atoms with E-state index in [4.69, 9.17) is 0 Å². The van der Waals surface area contributed by atoms with Crippen LogP contribution in [-0.4, -0.2) is 22.2 Å². The van der Waals surface area contributed by atoms with E-state index in [1.54, 1.807) is 0 Å². The highest BCUT2D eigenvalue weighted by molar-refractivity contribution is 5.63. The molecule has 0 aromatic heterocycles. The van der Waals surface area contributed by atoms with Crippen LogP contribution in [0.3, 0.4) is 0 Å². The molecule has 1 aromatic rings. The van der Waals surface area contributed by atoms with Crippen LogP contribution in [0.1, 0.15) is 31.2 Å². The number of nitrogens with zero attached hydrogens (tertiary/aromatic N) is 1. The maximum Gasteiger partial charge on any atom is 0.416 e. The van der Waals surface area contributed by atoms with Crippen molar-refractivity contribution in [3.63, 3.8) is 0 Å². The largest absolute Gasteiger partial charge is 0.416 e. The van der Waals surface area contributed by atoms with E-state index in [1.807, 2.05) is 0 Å². The Labute approximate surface area is 118 Å². The minimum atomic E-state index is -4.63. The summed E-state index contributed by atoms with van der Waals surface area (Å²) in [4.78, 5) is 10.1. The summed E-state index contributed by atoms with van der Waals surface area (Å²) in [5.74, 6) is 0. The Morgan fingerprint density at radius 2 is 1.95 bits per heavy atom. The number of hydrogen-bond acceptors (Lipinski definition) is 4. The first kappa shape index (κ1) is 15.6. The normalized spacial score (nSPS) is 22.9. The third-order valence-corrected chi connectivity index (χ3v) is 3.59. The number of aliphatic hydroxyl groups is 1. The van der Waals surface area contributed by atoms with Gasteiger partial charge in [-0.05, 0) is 25.0 Å². The molecule has 116 valence electrons. The smallest absolute Gasteiger partial charge is 0.391 e. The Bertz CT molecular complexity index is 534. The van der Waals surface area contributed by atoms with Gasteiger partial charge in [-0.3, -0.25) is 10.1 Å². The second kappa shape index (κ2) is 5.88. The van der Waals surface area contributed by atoms with Crippen LogP contribution < -0.4 is 5.32 Å². The van der Waals surface area contributed by atoms with Crippen LogP contribution in [0.15, 0.2) is 18.2 Å². The molecule has 0 saturated heterocycles. The van der Waals surface area contributed by atoms with Crippen molar-refractivity contribution in [3.8, 4) is 0 Å². The summed E-state index contributed by atoms with van der Waals surface area (Å²) in [5, 5.41) is 23.6. The lowest BCUT2D eigenvalue weighted by Crippen LogP contribution is -2.36. The molecule has 0 amide bonds. The van der Waals surface area contributed by atoms with E-state index in [2.05, 4.69) is 5.32 Å². The van der Waals surface area contributed by atoms with E-state index in [9.17, 15) is 28.4 Å². The summed E-state index contributed by atoms with van der Waals surface area (Å²) in [6, 6.07) is 1.97. The number of anilines is 1. The standard InChI is InChI=1S/C13H15F3N2O3/c14-13(15,16)8-5-6-9(11(7-8)18(20)21)17-10-3-1-2-4-12(10)19/h5-7,10,12,17,19H,1-4H2/t10-,12-/m0/s1. The average Bonchev–Trinajstić information content (AvgIpc) is 2.40. The minimum Gasteiger partial charge on any atom is -0.391 e. The summed E-state index contributed by atoms with van der Waals surface area (Å²) in [6.07, 6.45) is -2.35. The number of nitro groups is 1. The summed E-state index contributed by atoms with van der Waals surface area (Å²) >= 11 is 0. The molecule has 1 aromatic carbocycles. The summed E-state index contributed by atoms with van der Waals surface area (Å²) < 4.78 is 37.8. The van der Waals surface area contributed by atoms with Crippen LogP contribution in [0.4, 0.5) is 24.5 Å². The molecule has 5 nitrogen and oxygen atoms in total. The van der Waals surface area contributed by atoms with Crippen molar-refractivity contribution in [3.05, 3.63) is 33.9 Å². The van der Waals surface area contributed by atoms with Gasteiger partial charge in [0.15, 0.2) is 0 Å². The first-order chi connectivity index (χ1) is 9.79. The minimum absolute atomic E-state index is 0.000972. The SMILES string of the molecule is O=[N+]([O-])c1cc(C(F)(F)F)ccc1N[C@H]1CCCC[C@@H]1O. The lowest BCUT2D eigenvalue weighted by Gasteiger charge is -2.29. The fraction of sp³-hybridized carbons (Fsp3) is 0.538. The molecule has 2 atom stereocenters. The van der Waals surface area contributed by atoms with Crippen molar-refractivity contribution in [1.29, 1.82) is 0 Å². The van der Waals surface area contributed by atoms with E-state index in [0.29, 0.717) is 18.9 Å². The van der Waals surface area contributed by atoms with Gasteiger partial charge >= 0.3 is 6.18 Å². The van der Waals surface area contributed by atoms with E-state index in [1.165, 1.54) is 0 Å². The van der Waals surface area contributed by atoms with Crippen molar-refractivity contribution >= 4 is 11.4 Å². The van der Waals surface area contributed by atoms with E-state index in [-0.39, 0.29) is 11.7 Å². The Morgan fingerprint density at radius 3 is 2.52 bits per heavy atom. The number of nitrogens with one attached hydrogen (secondary N) is 1. The molecule has 0 heterocycles. The summed E-state index contributed by atoms with van der Waals surface area (Å²) in [6.45, 7) is 0. The van der Waals surface area contributed by atoms with Gasteiger partial charge in [0.05, 0.1) is 22.6 Å². The third-order valence-electron chi connectivity index (χ3n) is 3.59. The molecule has 0 bridgehead atoms. The molecule has 2 N–H and O–H groups in total. The zero-order valence-electron chi connectivity index (χ0n) is 11.1. The fourth-order valence-corrected chi connectivity index (χ4v) is 2.46. The van der Waals surface area contributed by atoms with Gasteiger partial charge in [0.1, 0.15) is 5.69 Å². The van der Waals surface area contributed by atoms with Gasteiger partial charge in [-0.25, -0.2) is 0 Å². The van der Waals surface area contributed by atoms with Gasteiger partial charge in [-0.2, -0.15) is 13.2 Å². The van der Waals surface area contributed by atoms with Gasteiger partial charge in [0, 0.05) is 6.07 Å². The van der Waals surface area contributed by atoms with Crippen LogP contribution in [0.5, 0.6) is 0 Å². The number of aliphatic hydroxyl groups excluding tert-OH is 1. The zero-order chi connectivity index (χ0) is 15.6. The number of alkyl halides is 3. The monoisotopic (exact) mass is 304 g/mol. The first-order valence-electron chi connectivity index (χ1n) is 6.59. The molecule has 1 aliphatic rings. The molecule has 0 spiro atoms. The molecule has 1 aliphatic carbocycles. The number of halogens is 3. The maximum absolute atomic E-state index is 12.6. The molecule has 0 radical (unpaired) electrons. The lowest BCUT2D eigenvalue weighted by atomic mass is 9.92. The quantitative estimate of drug-likeness (QED) is 0.663. The topological polar surface area (TPSA) is 75.4 Å². The van der Waals surface area contributed by atoms with E-state index >= 15 is 0 Å². The molecule has 0 aliphatic heterocycles.